The topological polar surface area (TPSA) is 81.8 Å². The predicted molar refractivity (Wildman–Crippen MR) is 106 cm³/mol. The average molecular weight is 376 g/mol. The molecule has 2 aliphatic rings. The molecule has 1 heterocycles. The molecule has 26 heavy (non-hydrogen) atoms. The Kier molecular flexibility index (Phi) is 9.55. The normalized spacial score (nSPS) is 19.5. The van der Waals surface area contributed by atoms with E-state index in [-0.39, 0.29) is 6.10 Å². The van der Waals surface area contributed by atoms with Crippen molar-refractivity contribution in [1.29, 1.82) is 5.26 Å². The monoisotopic (exact) mass is 375 g/mol. The Morgan fingerprint density at radius 2 is 2.27 bits per heavy atom. The number of nitriles is 1. The van der Waals surface area contributed by atoms with E-state index in [9.17, 15) is 0 Å². The molecule has 2 rings (SSSR count). The Labute approximate surface area is 160 Å². The van der Waals surface area contributed by atoms with Crippen LogP contribution in [0.2, 0.25) is 0 Å². The van der Waals surface area contributed by atoms with Gasteiger partial charge < -0.3 is 15.4 Å². The van der Waals surface area contributed by atoms with Crippen molar-refractivity contribution in [2.24, 2.45) is 9.98 Å². The van der Waals surface area contributed by atoms with Gasteiger partial charge in [0.2, 0.25) is 12.2 Å². The van der Waals surface area contributed by atoms with Crippen LogP contribution >= 0.6 is 11.6 Å². The van der Waals surface area contributed by atoms with E-state index in [2.05, 4.69) is 20.6 Å². The van der Waals surface area contributed by atoms with Gasteiger partial charge in [-0.2, -0.15) is 5.26 Å². The number of aliphatic imine (C=N–C) groups is 2. The molecule has 0 spiro atoms. The number of halogens is 1. The molecule has 0 aromatic heterocycles. The first-order chi connectivity index (χ1) is 12.8. The summed E-state index contributed by atoms with van der Waals surface area (Å²) in [5, 5.41) is 15.9. The minimum Gasteiger partial charge on any atom is -0.374 e. The van der Waals surface area contributed by atoms with Crippen LogP contribution in [-0.2, 0) is 4.74 Å². The highest BCUT2D eigenvalue weighted by atomic mass is 35.5. The van der Waals surface area contributed by atoms with Crippen LogP contribution in [0.25, 0.3) is 0 Å². The van der Waals surface area contributed by atoms with Crippen LogP contribution in [0.1, 0.15) is 38.5 Å². The standard InChI is InChI=1S/C19H26ClN5O/c20-16-5-7-18(8-6-16)26-14-4-2-1-3-11-23-19(24-15-21)25-17-9-12-22-13-10-17/h5-7,9,12,18H,1-4,8,10-11,13-14H2,(H2,23,24,25). The summed E-state index contributed by atoms with van der Waals surface area (Å²) in [5.41, 5.74) is 1.02. The first-order valence-electron chi connectivity index (χ1n) is 9.10. The molecule has 0 aromatic carbocycles. The van der Waals surface area contributed by atoms with Gasteiger partial charge in [-0.05, 0) is 31.4 Å². The second-order valence-electron chi connectivity index (χ2n) is 6.12. The van der Waals surface area contributed by atoms with E-state index in [0.29, 0.717) is 5.96 Å². The summed E-state index contributed by atoms with van der Waals surface area (Å²) < 4.78 is 5.80. The van der Waals surface area contributed by atoms with Crippen molar-refractivity contribution < 1.29 is 4.74 Å². The predicted octanol–water partition coefficient (Wildman–Crippen LogP) is 3.39. The lowest BCUT2D eigenvalue weighted by atomic mass is 10.1. The molecule has 0 saturated heterocycles. The van der Waals surface area contributed by atoms with Crippen LogP contribution in [0.15, 0.2) is 45.0 Å². The summed E-state index contributed by atoms with van der Waals surface area (Å²) in [6, 6.07) is 0. The zero-order valence-corrected chi connectivity index (χ0v) is 15.7. The molecule has 2 N–H and O–H groups in total. The fourth-order valence-corrected chi connectivity index (χ4v) is 2.79. The van der Waals surface area contributed by atoms with E-state index < -0.39 is 0 Å². The van der Waals surface area contributed by atoms with Crippen molar-refractivity contribution in [3.05, 3.63) is 35.0 Å². The van der Waals surface area contributed by atoms with Crippen LogP contribution < -0.4 is 10.6 Å². The molecule has 140 valence electrons. The van der Waals surface area contributed by atoms with E-state index >= 15 is 0 Å². The van der Waals surface area contributed by atoms with Gasteiger partial charge in [0.05, 0.1) is 6.10 Å². The second-order valence-corrected chi connectivity index (χ2v) is 6.55. The molecule has 1 aliphatic carbocycles. The molecule has 0 amide bonds. The lowest BCUT2D eigenvalue weighted by Gasteiger charge is -2.15. The number of allylic oxidation sites excluding steroid dienone is 3. The Morgan fingerprint density at radius 3 is 3.00 bits per heavy atom. The van der Waals surface area contributed by atoms with Crippen molar-refractivity contribution in [3.8, 4) is 6.19 Å². The fraction of sp³-hybridized carbons (Fsp3) is 0.526. The number of hydrogen-bond donors (Lipinski definition) is 2. The lowest BCUT2D eigenvalue weighted by Crippen LogP contribution is -2.37. The first kappa shape index (κ1) is 20.2. The smallest absolute Gasteiger partial charge is 0.211 e. The number of nitrogens with one attached hydrogen (secondary N) is 2. The molecule has 0 bridgehead atoms. The van der Waals surface area contributed by atoms with Crippen LogP contribution in [0, 0.1) is 11.5 Å². The van der Waals surface area contributed by atoms with E-state index in [0.717, 1.165) is 69.0 Å². The number of dihydropyridines is 1. The molecular weight excluding hydrogens is 350 g/mol. The largest absolute Gasteiger partial charge is 0.374 e. The number of nitrogens with zero attached hydrogens (tertiary/aromatic N) is 3. The summed E-state index contributed by atoms with van der Waals surface area (Å²) in [5.74, 6) is 0.508. The fourth-order valence-electron chi connectivity index (χ4n) is 2.62. The third kappa shape index (κ3) is 8.32. The number of ether oxygens (including phenoxy) is 1. The third-order valence-electron chi connectivity index (χ3n) is 4.04. The highest BCUT2D eigenvalue weighted by Gasteiger charge is 2.07. The molecule has 1 atom stereocenters. The van der Waals surface area contributed by atoms with Gasteiger partial charge in [0, 0.05) is 43.1 Å². The van der Waals surface area contributed by atoms with Crippen molar-refractivity contribution in [1.82, 2.24) is 10.6 Å². The second kappa shape index (κ2) is 12.3. The van der Waals surface area contributed by atoms with E-state index in [1.807, 2.05) is 30.5 Å². The molecule has 7 heteroatoms. The van der Waals surface area contributed by atoms with Crippen molar-refractivity contribution in [3.63, 3.8) is 0 Å². The van der Waals surface area contributed by atoms with Crippen LogP contribution in [0.3, 0.4) is 0 Å². The van der Waals surface area contributed by atoms with Gasteiger partial charge in [-0.3, -0.25) is 4.99 Å². The maximum absolute atomic E-state index is 8.80. The molecule has 6 nitrogen and oxygen atoms in total. The van der Waals surface area contributed by atoms with E-state index in [1.54, 1.807) is 6.21 Å². The first-order valence-corrected chi connectivity index (χ1v) is 9.48. The molecule has 0 radical (unpaired) electrons. The Balaban J connectivity index is 1.50. The quantitative estimate of drug-likeness (QED) is 0.280. The molecule has 0 fully saturated rings. The van der Waals surface area contributed by atoms with Crippen molar-refractivity contribution in [2.75, 3.05) is 19.7 Å². The Hall–Kier alpha value is -2.10. The SMILES string of the molecule is N#C/N=C(\NCCCCCCOC1C=CC(Cl)=CC1)NC1=CC=NCC1. The minimum absolute atomic E-state index is 0.161. The highest BCUT2D eigenvalue weighted by Crippen LogP contribution is 2.16. The maximum atomic E-state index is 8.80. The van der Waals surface area contributed by atoms with Gasteiger partial charge >= 0.3 is 0 Å². The van der Waals surface area contributed by atoms with Gasteiger partial charge in [0.25, 0.3) is 0 Å². The van der Waals surface area contributed by atoms with Gasteiger partial charge in [-0.1, -0.05) is 36.6 Å². The van der Waals surface area contributed by atoms with Crippen LogP contribution in [0.4, 0.5) is 0 Å². The van der Waals surface area contributed by atoms with Crippen molar-refractivity contribution >= 4 is 23.8 Å². The Bertz CT molecular complexity index is 630. The number of rotatable bonds is 9. The molecule has 0 saturated carbocycles. The minimum atomic E-state index is 0.161. The van der Waals surface area contributed by atoms with Crippen molar-refractivity contribution in [2.45, 2.75) is 44.6 Å². The average Bonchev–Trinajstić information content (AvgIpc) is 2.66. The third-order valence-corrected chi connectivity index (χ3v) is 4.32. The summed E-state index contributed by atoms with van der Waals surface area (Å²) in [7, 11) is 0. The lowest BCUT2D eigenvalue weighted by molar-refractivity contribution is 0.0831. The highest BCUT2D eigenvalue weighted by molar-refractivity contribution is 6.31. The van der Waals surface area contributed by atoms with Crippen LogP contribution in [0.5, 0.6) is 0 Å². The van der Waals surface area contributed by atoms with Gasteiger partial charge in [0.15, 0.2) is 0 Å². The molecule has 1 aliphatic heterocycles. The van der Waals surface area contributed by atoms with E-state index in [4.69, 9.17) is 21.6 Å². The zero-order chi connectivity index (χ0) is 18.5. The summed E-state index contributed by atoms with van der Waals surface area (Å²) in [4.78, 5) is 7.93. The maximum Gasteiger partial charge on any atom is 0.211 e. The van der Waals surface area contributed by atoms with Gasteiger partial charge in [-0.25, -0.2) is 0 Å². The zero-order valence-electron chi connectivity index (χ0n) is 15.0. The molecule has 1 unspecified atom stereocenters. The Morgan fingerprint density at radius 1 is 1.38 bits per heavy atom. The summed E-state index contributed by atoms with van der Waals surface area (Å²) in [6.45, 7) is 2.32. The molecular formula is C19H26ClN5O. The van der Waals surface area contributed by atoms with E-state index in [1.165, 1.54) is 0 Å². The molecule has 0 aromatic rings. The number of hydrogen-bond acceptors (Lipinski definition) is 4. The van der Waals surface area contributed by atoms with Gasteiger partial charge in [-0.15, -0.1) is 4.99 Å². The summed E-state index contributed by atoms with van der Waals surface area (Å²) >= 11 is 5.88. The van der Waals surface area contributed by atoms with Gasteiger partial charge in [0.1, 0.15) is 0 Å². The summed E-state index contributed by atoms with van der Waals surface area (Å²) in [6.07, 6.45) is 17.6. The number of unbranched alkanes of at least 4 members (excludes halogenated alkanes) is 3. The van der Waals surface area contributed by atoms with Crippen LogP contribution in [-0.4, -0.2) is 38.0 Å². The number of guanidine groups is 1.